The lowest BCUT2D eigenvalue weighted by molar-refractivity contribution is 1.32. The first-order valence-electron chi connectivity index (χ1n) is 5.78. The summed E-state index contributed by atoms with van der Waals surface area (Å²) < 4.78 is 0. The summed E-state index contributed by atoms with van der Waals surface area (Å²) in [5, 5.41) is 1.54. The molecule has 0 aliphatic carbocycles. The number of hydrogen-bond donors (Lipinski definition) is 0. The molecule has 0 nitrogen and oxygen atoms in total. The normalized spacial score (nSPS) is 10.7. The summed E-state index contributed by atoms with van der Waals surface area (Å²) >= 11 is 0. The summed E-state index contributed by atoms with van der Waals surface area (Å²) in [5.41, 5.74) is 1.46. The van der Waals surface area contributed by atoms with Gasteiger partial charge in [0.25, 0.3) is 0 Å². The fraction of sp³-hybridized carbons (Fsp3) is 0.200. The zero-order valence-electron chi connectivity index (χ0n) is 10.4. The maximum atomic E-state index is 2.44. The van der Waals surface area contributed by atoms with Crippen molar-refractivity contribution in [2.75, 3.05) is 0 Å². The van der Waals surface area contributed by atoms with Gasteiger partial charge >= 0.3 is 0 Å². The van der Waals surface area contributed by atoms with Gasteiger partial charge in [0.2, 0.25) is 0 Å². The molecule has 0 N–H and O–H groups in total. The molecule has 0 aliphatic rings. The van der Waals surface area contributed by atoms with Crippen molar-refractivity contribution in [2.45, 2.75) is 19.1 Å². The molecular weight excluding hydrogens is 244 g/mol. The van der Waals surface area contributed by atoms with E-state index in [1.165, 1.54) is 11.6 Å². The molecule has 0 saturated carbocycles. The minimum atomic E-state index is -1.32. The molecule has 0 heterocycles. The van der Waals surface area contributed by atoms with Gasteiger partial charge in [0, 0.05) is 0 Å². The van der Waals surface area contributed by atoms with Crippen molar-refractivity contribution < 1.29 is 0 Å². The van der Waals surface area contributed by atoms with Crippen LogP contribution in [0.2, 0.25) is 13.1 Å². The molecule has 0 unspecified atom stereocenters. The van der Waals surface area contributed by atoms with Crippen molar-refractivity contribution in [3.8, 4) is 0 Å². The lowest BCUT2D eigenvalue weighted by atomic mass is 10.2. The third-order valence-corrected chi connectivity index (χ3v) is 6.23. The monoisotopic (exact) mass is 262 g/mol. The fourth-order valence-electron chi connectivity index (χ4n) is 2.10. The molecule has 0 aliphatic heterocycles. The third-order valence-electron chi connectivity index (χ3n) is 3.04. The molecule has 0 atom stereocenters. The lowest BCUT2D eigenvalue weighted by Crippen LogP contribution is -2.43. The van der Waals surface area contributed by atoms with Crippen LogP contribution in [-0.4, -0.2) is 8.07 Å². The van der Waals surface area contributed by atoms with Crippen molar-refractivity contribution in [2.24, 2.45) is 0 Å². The van der Waals surface area contributed by atoms with Gasteiger partial charge in [-0.25, -0.2) is 0 Å². The van der Waals surface area contributed by atoms with E-state index in [4.69, 9.17) is 0 Å². The van der Waals surface area contributed by atoms with Crippen molar-refractivity contribution in [3.05, 3.63) is 66.2 Å². The van der Waals surface area contributed by atoms with Crippen LogP contribution in [-0.2, 0) is 6.04 Å². The average molecular weight is 263 g/mol. The van der Waals surface area contributed by atoms with Crippen LogP contribution in [0.4, 0.5) is 0 Å². The van der Waals surface area contributed by atoms with E-state index < -0.39 is 8.07 Å². The standard InChI is InChI=1S/C15H18Si.ClH/c1-16(2,15-11-7-4-8-12-15)13-14-9-5-3-6-10-14;/h3-12H,13H2,1-2H3;1H. The number of rotatable bonds is 3. The average Bonchev–Trinajstić information content (AvgIpc) is 2.31. The maximum Gasteiger partial charge on any atom is 0.0849 e. The highest BCUT2D eigenvalue weighted by atomic mass is 35.5. The van der Waals surface area contributed by atoms with Gasteiger partial charge in [-0.15, -0.1) is 12.4 Å². The molecule has 0 aromatic heterocycles. The Morgan fingerprint density at radius 3 is 1.76 bits per heavy atom. The Morgan fingerprint density at radius 1 is 0.765 bits per heavy atom. The molecule has 90 valence electrons. The molecule has 2 aromatic carbocycles. The molecule has 0 fully saturated rings. The predicted molar refractivity (Wildman–Crippen MR) is 81.0 cm³/mol. The SMILES string of the molecule is C[Si](C)(Cc1ccccc1)c1ccccc1.Cl. The highest BCUT2D eigenvalue weighted by Gasteiger charge is 2.23. The van der Waals surface area contributed by atoms with Crippen molar-refractivity contribution in [1.82, 2.24) is 0 Å². The van der Waals surface area contributed by atoms with Gasteiger partial charge in [0.1, 0.15) is 0 Å². The van der Waals surface area contributed by atoms with Crippen LogP contribution in [0.5, 0.6) is 0 Å². The van der Waals surface area contributed by atoms with Crippen LogP contribution in [0.3, 0.4) is 0 Å². The smallest absolute Gasteiger partial charge is 0.0849 e. The maximum absolute atomic E-state index is 2.44. The van der Waals surface area contributed by atoms with Crippen LogP contribution >= 0.6 is 12.4 Å². The number of halogens is 1. The van der Waals surface area contributed by atoms with Gasteiger partial charge in [-0.2, -0.15) is 0 Å². The van der Waals surface area contributed by atoms with E-state index in [0.29, 0.717) is 0 Å². The van der Waals surface area contributed by atoms with E-state index >= 15 is 0 Å². The summed E-state index contributed by atoms with van der Waals surface area (Å²) in [6.07, 6.45) is 0. The minimum Gasteiger partial charge on any atom is -0.147 e. The molecule has 2 heteroatoms. The topological polar surface area (TPSA) is 0 Å². The van der Waals surface area contributed by atoms with Crippen LogP contribution in [0.25, 0.3) is 0 Å². The van der Waals surface area contributed by atoms with Gasteiger partial charge in [0.05, 0.1) is 8.07 Å². The molecule has 0 bridgehead atoms. The van der Waals surface area contributed by atoms with E-state index in [2.05, 4.69) is 73.8 Å². The highest BCUT2D eigenvalue weighted by molar-refractivity contribution is 6.89. The van der Waals surface area contributed by atoms with Crippen LogP contribution in [0.1, 0.15) is 5.56 Å². The highest BCUT2D eigenvalue weighted by Crippen LogP contribution is 2.11. The summed E-state index contributed by atoms with van der Waals surface area (Å²) in [6, 6.07) is 23.0. The minimum absolute atomic E-state index is 0. The van der Waals surface area contributed by atoms with E-state index in [-0.39, 0.29) is 12.4 Å². The van der Waals surface area contributed by atoms with E-state index in [1.54, 1.807) is 5.19 Å². The summed E-state index contributed by atoms with van der Waals surface area (Å²) in [5.74, 6) is 0. The van der Waals surface area contributed by atoms with Crippen LogP contribution in [0, 0.1) is 0 Å². The first kappa shape index (κ1) is 14.0. The van der Waals surface area contributed by atoms with Gasteiger partial charge < -0.3 is 0 Å². The first-order valence-corrected chi connectivity index (χ1v) is 8.99. The Morgan fingerprint density at radius 2 is 1.24 bits per heavy atom. The second-order valence-corrected chi connectivity index (χ2v) is 9.61. The van der Waals surface area contributed by atoms with Crippen molar-refractivity contribution in [3.63, 3.8) is 0 Å². The largest absolute Gasteiger partial charge is 0.147 e. The second kappa shape index (κ2) is 6.04. The Labute approximate surface area is 111 Å². The van der Waals surface area contributed by atoms with Gasteiger partial charge in [0.15, 0.2) is 0 Å². The van der Waals surface area contributed by atoms with Crippen LogP contribution < -0.4 is 5.19 Å². The fourth-order valence-corrected chi connectivity index (χ4v) is 4.65. The molecule has 0 spiro atoms. The number of benzene rings is 2. The predicted octanol–water partition coefficient (Wildman–Crippen LogP) is 3.81. The summed E-state index contributed by atoms with van der Waals surface area (Å²) in [6.45, 7) is 4.88. The molecule has 17 heavy (non-hydrogen) atoms. The van der Waals surface area contributed by atoms with E-state index in [0.717, 1.165) is 0 Å². The second-order valence-electron chi connectivity index (χ2n) is 4.91. The summed E-state index contributed by atoms with van der Waals surface area (Å²) in [4.78, 5) is 0. The zero-order chi connectivity index (χ0) is 11.4. The zero-order valence-corrected chi connectivity index (χ0v) is 12.2. The van der Waals surface area contributed by atoms with Crippen LogP contribution in [0.15, 0.2) is 60.7 Å². The molecule has 0 radical (unpaired) electrons. The van der Waals surface area contributed by atoms with E-state index in [9.17, 15) is 0 Å². The van der Waals surface area contributed by atoms with Crippen molar-refractivity contribution in [1.29, 1.82) is 0 Å². The summed E-state index contributed by atoms with van der Waals surface area (Å²) in [7, 11) is -1.32. The molecule has 0 saturated heterocycles. The lowest BCUT2D eigenvalue weighted by Gasteiger charge is -2.23. The molecular formula is C15H19ClSi. The van der Waals surface area contributed by atoms with Gasteiger partial charge in [-0.05, 0) is 6.04 Å². The Hall–Kier alpha value is -1.05. The van der Waals surface area contributed by atoms with Crippen molar-refractivity contribution >= 4 is 25.7 Å². The Bertz CT molecular complexity index is 437. The number of hydrogen-bond acceptors (Lipinski definition) is 0. The van der Waals surface area contributed by atoms with Gasteiger partial charge in [-0.1, -0.05) is 84.5 Å². The molecule has 2 rings (SSSR count). The third kappa shape index (κ3) is 3.72. The molecule has 0 amide bonds. The van der Waals surface area contributed by atoms with E-state index in [1.807, 2.05) is 0 Å². The quantitative estimate of drug-likeness (QED) is 0.738. The Kier molecular flexibility index (Phi) is 4.97. The van der Waals surface area contributed by atoms with Gasteiger partial charge in [-0.3, -0.25) is 0 Å². The Balaban J connectivity index is 0.00000144. The first-order chi connectivity index (χ1) is 7.68. The molecule has 2 aromatic rings.